The molecular formula is C21H25N5O2. The van der Waals surface area contributed by atoms with E-state index in [9.17, 15) is 9.59 Å². The third kappa shape index (κ3) is 3.93. The van der Waals surface area contributed by atoms with Crippen molar-refractivity contribution in [2.45, 2.75) is 0 Å². The Kier molecular flexibility index (Phi) is 5.41. The van der Waals surface area contributed by atoms with Crippen molar-refractivity contribution in [3.63, 3.8) is 0 Å². The lowest BCUT2D eigenvalue weighted by Crippen LogP contribution is -2.49. The average Bonchev–Trinajstić information content (AvgIpc) is 2.79. The van der Waals surface area contributed by atoms with Gasteiger partial charge >= 0.3 is 0 Å². The minimum absolute atomic E-state index is 0.00923. The van der Waals surface area contributed by atoms with E-state index in [4.69, 9.17) is 0 Å². The Morgan fingerprint density at radius 3 is 2.04 bits per heavy atom. The van der Waals surface area contributed by atoms with Gasteiger partial charge in [-0.2, -0.15) is 0 Å². The van der Waals surface area contributed by atoms with Crippen LogP contribution in [0, 0.1) is 0 Å². The second kappa shape index (κ2) is 8.29. The summed E-state index contributed by atoms with van der Waals surface area (Å²) in [6.07, 6.45) is 2.67. The summed E-state index contributed by atoms with van der Waals surface area (Å²) in [5, 5.41) is 0. The zero-order valence-corrected chi connectivity index (χ0v) is 15.9. The van der Waals surface area contributed by atoms with Crippen LogP contribution in [0.25, 0.3) is 0 Å². The molecule has 0 bridgehead atoms. The van der Waals surface area contributed by atoms with E-state index in [2.05, 4.69) is 26.9 Å². The number of carbonyl (C=O) groups excluding carboxylic acids is 2. The molecule has 1 aromatic carbocycles. The SMILES string of the molecule is O=CN1CCN(c2ccc(C(=O)N3CCN(c4ccccc4)CC3)nc2)CC1. The third-order valence-electron chi connectivity index (χ3n) is 5.48. The molecular weight excluding hydrogens is 354 g/mol. The van der Waals surface area contributed by atoms with Gasteiger partial charge in [-0.1, -0.05) is 18.2 Å². The van der Waals surface area contributed by atoms with Crippen LogP contribution in [0.15, 0.2) is 48.7 Å². The summed E-state index contributed by atoms with van der Waals surface area (Å²) in [6, 6.07) is 14.1. The smallest absolute Gasteiger partial charge is 0.272 e. The maximum absolute atomic E-state index is 12.8. The molecule has 3 heterocycles. The van der Waals surface area contributed by atoms with E-state index in [0.717, 1.165) is 51.4 Å². The minimum Gasteiger partial charge on any atom is -0.368 e. The fourth-order valence-corrected chi connectivity index (χ4v) is 3.75. The van der Waals surface area contributed by atoms with Gasteiger partial charge in [0.05, 0.1) is 11.9 Å². The highest BCUT2D eigenvalue weighted by molar-refractivity contribution is 5.92. The molecule has 0 radical (unpaired) electrons. The number of nitrogens with zero attached hydrogens (tertiary/aromatic N) is 5. The van der Waals surface area contributed by atoms with Crippen molar-refractivity contribution in [3.8, 4) is 0 Å². The van der Waals surface area contributed by atoms with E-state index < -0.39 is 0 Å². The van der Waals surface area contributed by atoms with Crippen molar-refractivity contribution < 1.29 is 9.59 Å². The number of piperazine rings is 2. The van der Waals surface area contributed by atoms with Gasteiger partial charge in [0.25, 0.3) is 5.91 Å². The fraction of sp³-hybridized carbons (Fsp3) is 0.381. The van der Waals surface area contributed by atoms with Crippen molar-refractivity contribution in [2.24, 2.45) is 0 Å². The molecule has 1 aromatic heterocycles. The molecule has 2 fully saturated rings. The van der Waals surface area contributed by atoms with E-state index in [1.807, 2.05) is 35.2 Å². The molecule has 0 saturated carbocycles. The zero-order chi connectivity index (χ0) is 19.3. The summed E-state index contributed by atoms with van der Waals surface area (Å²) in [5.41, 5.74) is 2.69. The number of hydrogen-bond donors (Lipinski definition) is 0. The Morgan fingerprint density at radius 2 is 1.43 bits per heavy atom. The van der Waals surface area contributed by atoms with Crippen molar-refractivity contribution in [1.29, 1.82) is 0 Å². The predicted octanol–water partition coefficient (Wildman–Crippen LogP) is 1.32. The molecule has 0 spiro atoms. The van der Waals surface area contributed by atoms with Gasteiger partial charge in [-0.15, -0.1) is 0 Å². The van der Waals surface area contributed by atoms with Gasteiger partial charge in [-0.25, -0.2) is 4.98 Å². The molecule has 0 N–H and O–H groups in total. The summed E-state index contributed by atoms with van der Waals surface area (Å²) < 4.78 is 0. The number of benzene rings is 1. The average molecular weight is 379 g/mol. The van der Waals surface area contributed by atoms with Gasteiger partial charge in [-0.05, 0) is 24.3 Å². The first-order chi connectivity index (χ1) is 13.7. The Labute approximate surface area is 165 Å². The molecule has 2 saturated heterocycles. The summed E-state index contributed by atoms with van der Waals surface area (Å²) in [5.74, 6) is -0.00923. The lowest BCUT2D eigenvalue weighted by Gasteiger charge is -2.36. The molecule has 2 aromatic rings. The van der Waals surface area contributed by atoms with Crippen LogP contribution in [0.1, 0.15) is 10.5 Å². The number of amides is 2. The summed E-state index contributed by atoms with van der Waals surface area (Å²) in [7, 11) is 0. The largest absolute Gasteiger partial charge is 0.368 e. The first-order valence-corrected chi connectivity index (χ1v) is 9.74. The highest BCUT2D eigenvalue weighted by atomic mass is 16.2. The Balaban J connectivity index is 1.33. The van der Waals surface area contributed by atoms with E-state index >= 15 is 0 Å². The number of carbonyl (C=O) groups is 2. The normalized spacial score (nSPS) is 17.6. The van der Waals surface area contributed by atoms with Crippen molar-refractivity contribution in [1.82, 2.24) is 14.8 Å². The summed E-state index contributed by atoms with van der Waals surface area (Å²) in [6.45, 7) is 6.06. The van der Waals surface area contributed by atoms with Crippen molar-refractivity contribution in [2.75, 3.05) is 62.2 Å². The topological polar surface area (TPSA) is 60.0 Å². The van der Waals surface area contributed by atoms with Crippen LogP contribution in [-0.4, -0.2) is 79.5 Å². The van der Waals surface area contributed by atoms with Crippen molar-refractivity contribution in [3.05, 3.63) is 54.4 Å². The lowest BCUT2D eigenvalue weighted by molar-refractivity contribution is -0.118. The van der Waals surface area contributed by atoms with Gasteiger partial charge in [0.1, 0.15) is 5.69 Å². The quantitative estimate of drug-likeness (QED) is 0.750. The number of pyridine rings is 1. The Hall–Kier alpha value is -3.09. The minimum atomic E-state index is -0.00923. The first kappa shape index (κ1) is 18.3. The predicted molar refractivity (Wildman–Crippen MR) is 109 cm³/mol. The van der Waals surface area contributed by atoms with Gasteiger partial charge in [0, 0.05) is 58.0 Å². The number of para-hydroxylation sites is 1. The lowest BCUT2D eigenvalue weighted by atomic mass is 10.2. The number of hydrogen-bond acceptors (Lipinski definition) is 5. The molecule has 0 aliphatic carbocycles. The highest BCUT2D eigenvalue weighted by Crippen LogP contribution is 2.18. The van der Waals surface area contributed by atoms with Gasteiger partial charge in [-0.3, -0.25) is 9.59 Å². The molecule has 146 valence electrons. The second-order valence-corrected chi connectivity index (χ2v) is 7.14. The van der Waals surface area contributed by atoms with E-state index in [1.54, 1.807) is 11.1 Å². The fourth-order valence-electron chi connectivity index (χ4n) is 3.75. The van der Waals surface area contributed by atoms with Gasteiger partial charge in [0.2, 0.25) is 6.41 Å². The molecule has 7 heteroatoms. The molecule has 2 amide bonds. The highest BCUT2D eigenvalue weighted by Gasteiger charge is 2.23. The van der Waals surface area contributed by atoms with Crippen LogP contribution in [0.4, 0.5) is 11.4 Å². The standard InChI is InChI=1S/C21H25N5O2/c27-17-23-8-10-25(11-9-23)19-6-7-20(22-16-19)21(28)26-14-12-24(13-15-26)18-4-2-1-3-5-18/h1-7,16-17H,8-15H2. The number of aromatic nitrogens is 1. The van der Waals surface area contributed by atoms with Crippen LogP contribution < -0.4 is 9.80 Å². The molecule has 2 aliphatic rings. The molecule has 0 unspecified atom stereocenters. The van der Waals surface area contributed by atoms with Crippen LogP contribution in [-0.2, 0) is 4.79 Å². The molecule has 4 rings (SSSR count). The van der Waals surface area contributed by atoms with E-state index in [1.165, 1.54) is 5.69 Å². The van der Waals surface area contributed by atoms with Crippen LogP contribution in [0.2, 0.25) is 0 Å². The molecule has 0 atom stereocenters. The van der Waals surface area contributed by atoms with Crippen LogP contribution in [0.5, 0.6) is 0 Å². The molecule has 2 aliphatic heterocycles. The summed E-state index contributed by atoms with van der Waals surface area (Å²) in [4.78, 5) is 36.2. The van der Waals surface area contributed by atoms with Gasteiger partial charge in [0.15, 0.2) is 0 Å². The van der Waals surface area contributed by atoms with Crippen LogP contribution in [0.3, 0.4) is 0 Å². The molecule has 7 nitrogen and oxygen atoms in total. The monoisotopic (exact) mass is 379 g/mol. The maximum Gasteiger partial charge on any atom is 0.272 e. The Bertz CT molecular complexity index is 795. The van der Waals surface area contributed by atoms with E-state index in [0.29, 0.717) is 18.8 Å². The third-order valence-corrected chi connectivity index (χ3v) is 5.48. The van der Waals surface area contributed by atoms with Crippen molar-refractivity contribution >= 4 is 23.7 Å². The van der Waals surface area contributed by atoms with Crippen LogP contribution >= 0.6 is 0 Å². The van der Waals surface area contributed by atoms with Gasteiger partial charge < -0.3 is 19.6 Å². The maximum atomic E-state index is 12.8. The Morgan fingerprint density at radius 1 is 0.786 bits per heavy atom. The number of rotatable bonds is 4. The van der Waals surface area contributed by atoms with E-state index in [-0.39, 0.29) is 5.91 Å². The first-order valence-electron chi connectivity index (χ1n) is 9.74. The number of anilines is 2. The zero-order valence-electron chi connectivity index (χ0n) is 15.9. The summed E-state index contributed by atoms with van der Waals surface area (Å²) >= 11 is 0. The second-order valence-electron chi connectivity index (χ2n) is 7.14. The molecule has 28 heavy (non-hydrogen) atoms.